The smallest absolute Gasteiger partial charge is 0.0958 e. The van der Waals surface area contributed by atoms with Crippen molar-refractivity contribution in [1.82, 2.24) is 0 Å². The van der Waals surface area contributed by atoms with Crippen molar-refractivity contribution >= 4 is 0 Å². The third kappa shape index (κ3) is 14.3. The van der Waals surface area contributed by atoms with Crippen LogP contribution in [0.4, 0.5) is 0 Å². The third-order valence-corrected chi connectivity index (χ3v) is 3.99. The summed E-state index contributed by atoms with van der Waals surface area (Å²) in [5.41, 5.74) is 0. The lowest BCUT2D eigenvalue weighted by Gasteiger charge is -2.36. The molecule has 0 aliphatic carbocycles. The Morgan fingerprint density at radius 2 is 1.00 bits per heavy atom. The molecule has 1 unspecified atom stereocenters. The van der Waals surface area contributed by atoms with E-state index in [2.05, 4.69) is 6.92 Å². The first-order valence-electron chi connectivity index (χ1n) is 8.99. The van der Waals surface area contributed by atoms with Gasteiger partial charge in [0, 0.05) is 0 Å². The molecule has 0 saturated heterocycles. The van der Waals surface area contributed by atoms with Gasteiger partial charge in [0.05, 0.1) is 13.1 Å². The minimum Gasteiger partial charge on any atom is -0.612 e. The van der Waals surface area contributed by atoms with E-state index in [0.717, 1.165) is 12.8 Å². The van der Waals surface area contributed by atoms with Gasteiger partial charge in [0.2, 0.25) is 0 Å². The standard InChI is InChI=1S/C17H38N2O/c1-3-5-6-7-8-9-10-11-12-13-14-15-17-19(18,20)16-4-2/h3-18H2,1-2H3. The summed E-state index contributed by atoms with van der Waals surface area (Å²) in [4.78, 5) is 0. The number of hydrogen-bond donors (Lipinski definition) is 1. The molecular formula is C17H38N2O. The van der Waals surface area contributed by atoms with Crippen molar-refractivity contribution in [2.75, 3.05) is 13.1 Å². The molecular weight excluding hydrogens is 248 g/mol. The van der Waals surface area contributed by atoms with Gasteiger partial charge in [-0.3, -0.25) is 4.76 Å². The fourth-order valence-corrected chi connectivity index (χ4v) is 2.71. The van der Waals surface area contributed by atoms with Gasteiger partial charge >= 0.3 is 0 Å². The fourth-order valence-electron chi connectivity index (χ4n) is 2.71. The molecule has 3 heteroatoms. The van der Waals surface area contributed by atoms with E-state index in [1.54, 1.807) is 0 Å². The third-order valence-electron chi connectivity index (χ3n) is 3.99. The van der Waals surface area contributed by atoms with Crippen molar-refractivity contribution in [2.45, 2.75) is 97.3 Å². The van der Waals surface area contributed by atoms with Crippen molar-refractivity contribution in [1.29, 1.82) is 0 Å². The molecule has 0 aliphatic rings. The van der Waals surface area contributed by atoms with Crippen LogP contribution in [0.25, 0.3) is 0 Å². The minimum absolute atomic E-state index is 0.533. The van der Waals surface area contributed by atoms with Gasteiger partial charge in [-0.2, -0.15) is 5.84 Å². The maximum Gasteiger partial charge on any atom is 0.0958 e. The van der Waals surface area contributed by atoms with E-state index in [1.807, 2.05) is 6.92 Å². The molecule has 122 valence electrons. The molecule has 0 radical (unpaired) electrons. The average molecular weight is 287 g/mol. The molecule has 0 saturated carbocycles. The SMILES string of the molecule is CCCCCCCCCCCCCC[N+](N)([O-])CCC. The van der Waals surface area contributed by atoms with Gasteiger partial charge in [-0.1, -0.05) is 78.1 Å². The number of quaternary nitrogens is 1. The Hall–Kier alpha value is -0.120. The highest BCUT2D eigenvalue weighted by molar-refractivity contribution is 4.49. The second kappa shape index (κ2) is 13.8. The predicted octanol–water partition coefficient (Wildman–Crippen LogP) is 5.29. The quantitative estimate of drug-likeness (QED) is 0.192. The molecule has 0 rings (SSSR count). The number of nitrogens with two attached hydrogens (primary N) is 1. The molecule has 0 aliphatic heterocycles. The van der Waals surface area contributed by atoms with E-state index in [1.165, 1.54) is 70.6 Å². The van der Waals surface area contributed by atoms with E-state index in [9.17, 15) is 5.21 Å². The van der Waals surface area contributed by atoms with Crippen molar-refractivity contribution < 1.29 is 4.76 Å². The lowest BCUT2D eigenvalue weighted by Crippen LogP contribution is -2.50. The van der Waals surface area contributed by atoms with E-state index in [4.69, 9.17) is 5.84 Å². The largest absolute Gasteiger partial charge is 0.612 e. The Morgan fingerprint density at radius 3 is 1.40 bits per heavy atom. The summed E-state index contributed by atoms with van der Waals surface area (Å²) in [5, 5.41) is 11.7. The molecule has 20 heavy (non-hydrogen) atoms. The van der Waals surface area contributed by atoms with E-state index in [-0.39, 0.29) is 0 Å². The Balaban J connectivity index is 3.13. The van der Waals surface area contributed by atoms with Crippen LogP contribution < -0.4 is 5.84 Å². The molecule has 1 atom stereocenters. The first kappa shape index (κ1) is 19.9. The summed E-state index contributed by atoms with van der Waals surface area (Å²) >= 11 is 0. The van der Waals surface area contributed by atoms with Crippen LogP contribution in [0.2, 0.25) is 0 Å². The lowest BCUT2D eigenvalue weighted by molar-refractivity contribution is -0.892. The van der Waals surface area contributed by atoms with Crippen molar-refractivity contribution in [3.05, 3.63) is 5.21 Å². The first-order valence-corrected chi connectivity index (χ1v) is 8.99. The number of unbranched alkanes of at least 4 members (excludes halogenated alkanes) is 11. The zero-order valence-electron chi connectivity index (χ0n) is 14.0. The van der Waals surface area contributed by atoms with Gasteiger partial charge in [-0.15, -0.1) is 0 Å². The molecule has 0 spiro atoms. The maximum atomic E-state index is 11.7. The lowest BCUT2D eigenvalue weighted by atomic mass is 10.1. The highest BCUT2D eigenvalue weighted by Crippen LogP contribution is 2.12. The Morgan fingerprint density at radius 1 is 0.600 bits per heavy atom. The molecule has 0 bridgehead atoms. The fraction of sp³-hybridized carbons (Fsp3) is 1.00. The van der Waals surface area contributed by atoms with Gasteiger partial charge in [0.1, 0.15) is 0 Å². The van der Waals surface area contributed by atoms with Crippen LogP contribution in [0, 0.1) is 5.21 Å². The molecule has 0 aromatic heterocycles. The zero-order valence-corrected chi connectivity index (χ0v) is 14.0. The van der Waals surface area contributed by atoms with Crippen LogP contribution in [0.5, 0.6) is 0 Å². The molecule has 0 heterocycles. The Bertz CT molecular complexity index is 195. The normalized spacial score (nSPS) is 14.4. The van der Waals surface area contributed by atoms with Crippen LogP contribution in [-0.2, 0) is 0 Å². The van der Waals surface area contributed by atoms with Gasteiger partial charge in [-0.05, 0) is 19.3 Å². The number of rotatable bonds is 15. The average Bonchev–Trinajstić information content (AvgIpc) is 2.40. The Kier molecular flexibility index (Phi) is 13.8. The Labute approximate surface area is 127 Å². The summed E-state index contributed by atoms with van der Waals surface area (Å²) in [5.74, 6) is 5.64. The van der Waals surface area contributed by atoms with Crippen LogP contribution in [0.15, 0.2) is 0 Å². The zero-order chi connectivity index (χ0) is 15.1. The second-order valence-electron chi connectivity index (χ2n) is 6.29. The molecule has 0 fully saturated rings. The van der Waals surface area contributed by atoms with E-state index < -0.39 is 4.76 Å². The topological polar surface area (TPSA) is 49.1 Å². The highest BCUT2D eigenvalue weighted by Gasteiger charge is 2.08. The van der Waals surface area contributed by atoms with Gasteiger partial charge in [0.25, 0.3) is 0 Å². The molecule has 3 nitrogen and oxygen atoms in total. The minimum atomic E-state index is -0.533. The number of hydrogen-bond acceptors (Lipinski definition) is 2. The highest BCUT2D eigenvalue weighted by atomic mass is 16.6. The second-order valence-corrected chi connectivity index (χ2v) is 6.29. The van der Waals surface area contributed by atoms with Crippen LogP contribution in [0.3, 0.4) is 0 Å². The molecule has 2 N–H and O–H groups in total. The molecule has 0 aromatic carbocycles. The summed E-state index contributed by atoms with van der Waals surface area (Å²) in [7, 11) is 0. The van der Waals surface area contributed by atoms with Crippen molar-refractivity contribution in [2.24, 2.45) is 5.84 Å². The number of nitrogens with zero attached hydrogens (tertiary/aromatic N) is 1. The summed E-state index contributed by atoms with van der Waals surface area (Å²) in [6.45, 7) is 5.42. The van der Waals surface area contributed by atoms with Gasteiger partial charge in [-0.25, -0.2) is 0 Å². The van der Waals surface area contributed by atoms with E-state index >= 15 is 0 Å². The van der Waals surface area contributed by atoms with Crippen LogP contribution in [0.1, 0.15) is 97.3 Å². The molecule has 0 amide bonds. The van der Waals surface area contributed by atoms with Crippen LogP contribution in [-0.4, -0.2) is 17.8 Å². The predicted molar refractivity (Wildman–Crippen MR) is 88.9 cm³/mol. The van der Waals surface area contributed by atoms with Crippen LogP contribution >= 0.6 is 0 Å². The summed E-state index contributed by atoms with van der Waals surface area (Å²) in [6, 6.07) is 0. The van der Waals surface area contributed by atoms with E-state index in [0.29, 0.717) is 13.1 Å². The van der Waals surface area contributed by atoms with Crippen molar-refractivity contribution in [3.8, 4) is 0 Å². The number of hydroxylamine groups is 2. The maximum absolute atomic E-state index is 11.7. The first-order chi connectivity index (χ1) is 9.62. The summed E-state index contributed by atoms with van der Waals surface area (Å²) < 4.78 is -0.533. The van der Waals surface area contributed by atoms with Gasteiger partial charge < -0.3 is 5.21 Å². The van der Waals surface area contributed by atoms with Crippen molar-refractivity contribution in [3.63, 3.8) is 0 Å². The summed E-state index contributed by atoms with van der Waals surface area (Å²) in [6.07, 6.45) is 16.8. The molecule has 0 aromatic rings. The van der Waals surface area contributed by atoms with Gasteiger partial charge in [0.15, 0.2) is 0 Å². The monoisotopic (exact) mass is 286 g/mol.